The maximum absolute atomic E-state index is 11.8. The molecule has 2 heteroatoms. The van der Waals surface area contributed by atoms with Gasteiger partial charge in [0.15, 0.2) is 0 Å². The van der Waals surface area contributed by atoms with Crippen molar-refractivity contribution < 1.29 is 9.53 Å². The van der Waals surface area contributed by atoms with Crippen molar-refractivity contribution in [2.45, 2.75) is 83.2 Å². The van der Waals surface area contributed by atoms with Crippen LogP contribution in [0.25, 0.3) is 0 Å². The first-order valence-corrected chi connectivity index (χ1v) is 9.04. The van der Waals surface area contributed by atoms with Crippen LogP contribution in [-0.4, -0.2) is 5.97 Å². The van der Waals surface area contributed by atoms with Gasteiger partial charge in [-0.05, 0) is 31.2 Å². The lowest BCUT2D eigenvalue weighted by Crippen LogP contribution is -2.36. The van der Waals surface area contributed by atoms with E-state index < -0.39 is 0 Å². The molecule has 1 atom stereocenters. The molecule has 0 amide bonds. The van der Waals surface area contributed by atoms with E-state index in [1.165, 1.54) is 44.1 Å². The summed E-state index contributed by atoms with van der Waals surface area (Å²) in [6.07, 6.45) is 12.5. The lowest BCUT2D eigenvalue weighted by molar-refractivity contribution is -0.170. The molecule has 0 saturated carbocycles. The molecule has 1 saturated heterocycles. The molecule has 0 N–H and O–H groups in total. The lowest BCUT2D eigenvalue weighted by atomic mass is 9.82. The van der Waals surface area contributed by atoms with Gasteiger partial charge in [0.05, 0.1) is 0 Å². The Bertz CT molecular complexity index is 440. The molecular formula is C20H30O2. The van der Waals surface area contributed by atoms with Gasteiger partial charge in [0.1, 0.15) is 5.60 Å². The Hall–Kier alpha value is -1.31. The van der Waals surface area contributed by atoms with Crippen LogP contribution in [0.4, 0.5) is 0 Å². The summed E-state index contributed by atoms with van der Waals surface area (Å²) in [5.74, 6) is -0.0296. The van der Waals surface area contributed by atoms with Gasteiger partial charge in [0, 0.05) is 6.42 Å². The fraction of sp³-hybridized carbons (Fsp3) is 0.650. The molecule has 0 aliphatic carbocycles. The quantitative estimate of drug-likeness (QED) is 0.429. The standard InChI is InChI=1S/C20H30O2/c1-2-3-4-5-6-7-11-16-20(17-12-15-19(21)22-20)18-13-9-8-10-14-18/h8-10,13-14H,2-7,11-12,15-17H2,1H3/t20-/m1/s1. The zero-order valence-corrected chi connectivity index (χ0v) is 14.0. The third-order valence-corrected chi connectivity index (χ3v) is 4.75. The molecule has 1 fully saturated rings. The van der Waals surface area contributed by atoms with Gasteiger partial charge in [0.2, 0.25) is 0 Å². The molecule has 0 bridgehead atoms. The van der Waals surface area contributed by atoms with Crippen LogP contribution in [-0.2, 0) is 15.1 Å². The largest absolute Gasteiger partial charge is 0.454 e. The maximum Gasteiger partial charge on any atom is 0.306 e. The van der Waals surface area contributed by atoms with Crippen LogP contribution in [0.3, 0.4) is 0 Å². The Morgan fingerprint density at radius 2 is 1.68 bits per heavy atom. The SMILES string of the molecule is CCCCCCCCC[C@]1(c2ccccc2)CCCC(=O)O1. The van der Waals surface area contributed by atoms with Crippen LogP contribution in [0.1, 0.15) is 83.1 Å². The fourth-order valence-electron chi connectivity index (χ4n) is 3.47. The van der Waals surface area contributed by atoms with Gasteiger partial charge in [-0.3, -0.25) is 4.79 Å². The lowest BCUT2D eigenvalue weighted by Gasteiger charge is -2.37. The number of hydrogen-bond donors (Lipinski definition) is 0. The van der Waals surface area contributed by atoms with Crippen LogP contribution >= 0.6 is 0 Å². The topological polar surface area (TPSA) is 26.3 Å². The molecule has 122 valence electrons. The number of unbranched alkanes of at least 4 members (excludes halogenated alkanes) is 6. The predicted molar refractivity (Wildman–Crippen MR) is 90.7 cm³/mol. The van der Waals surface area contributed by atoms with E-state index in [1.807, 2.05) is 18.2 Å². The van der Waals surface area contributed by atoms with Crippen molar-refractivity contribution in [1.82, 2.24) is 0 Å². The third-order valence-electron chi connectivity index (χ3n) is 4.75. The summed E-state index contributed by atoms with van der Waals surface area (Å²) < 4.78 is 5.87. The maximum atomic E-state index is 11.8. The molecule has 1 aliphatic heterocycles. The van der Waals surface area contributed by atoms with Crippen molar-refractivity contribution in [3.63, 3.8) is 0 Å². The van der Waals surface area contributed by atoms with Gasteiger partial charge in [0.25, 0.3) is 0 Å². The van der Waals surface area contributed by atoms with E-state index in [-0.39, 0.29) is 11.6 Å². The second-order valence-corrected chi connectivity index (χ2v) is 6.56. The average molecular weight is 302 g/mol. The van der Waals surface area contributed by atoms with E-state index in [0.29, 0.717) is 6.42 Å². The van der Waals surface area contributed by atoms with Crippen LogP contribution in [0, 0.1) is 0 Å². The predicted octanol–water partition coefficient (Wildman–Crippen LogP) is 5.75. The molecule has 1 aromatic carbocycles. The smallest absolute Gasteiger partial charge is 0.306 e. The number of hydrogen-bond acceptors (Lipinski definition) is 2. The Kier molecular flexibility index (Phi) is 6.95. The minimum atomic E-state index is -0.361. The molecule has 1 aromatic rings. The number of carbonyl (C=O) groups is 1. The Labute approximate surface area is 135 Å². The van der Waals surface area contributed by atoms with Crippen molar-refractivity contribution in [1.29, 1.82) is 0 Å². The number of carbonyl (C=O) groups excluding carboxylic acids is 1. The van der Waals surface area contributed by atoms with Gasteiger partial charge in [-0.1, -0.05) is 75.8 Å². The van der Waals surface area contributed by atoms with E-state index in [1.54, 1.807) is 0 Å². The highest BCUT2D eigenvalue weighted by atomic mass is 16.6. The summed E-state index contributed by atoms with van der Waals surface area (Å²) >= 11 is 0. The highest BCUT2D eigenvalue weighted by molar-refractivity contribution is 5.71. The summed E-state index contributed by atoms with van der Waals surface area (Å²) in [6, 6.07) is 10.3. The summed E-state index contributed by atoms with van der Waals surface area (Å²) in [7, 11) is 0. The first kappa shape index (κ1) is 17.1. The molecule has 2 nitrogen and oxygen atoms in total. The van der Waals surface area contributed by atoms with E-state index in [2.05, 4.69) is 19.1 Å². The average Bonchev–Trinajstić information content (AvgIpc) is 2.55. The van der Waals surface area contributed by atoms with E-state index in [0.717, 1.165) is 25.7 Å². The Morgan fingerprint density at radius 1 is 1.00 bits per heavy atom. The van der Waals surface area contributed by atoms with Crippen LogP contribution < -0.4 is 0 Å². The molecule has 0 radical (unpaired) electrons. The highest BCUT2D eigenvalue weighted by Gasteiger charge is 2.38. The Morgan fingerprint density at radius 3 is 2.36 bits per heavy atom. The van der Waals surface area contributed by atoms with Gasteiger partial charge in [-0.25, -0.2) is 0 Å². The number of ether oxygens (including phenoxy) is 1. The van der Waals surface area contributed by atoms with Gasteiger partial charge in [-0.2, -0.15) is 0 Å². The molecule has 22 heavy (non-hydrogen) atoms. The van der Waals surface area contributed by atoms with Crippen molar-refractivity contribution in [2.24, 2.45) is 0 Å². The van der Waals surface area contributed by atoms with Crippen molar-refractivity contribution in [3.8, 4) is 0 Å². The first-order valence-electron chi connectivity index (χ1n) is 9.04. The van der Waals surface area contributed by atoms with Crippen molar-refractivity contribution >= 4 is 5.97 Å². The van der Waals surface area contributed by atoms with Crippen molar-refractivity contribution in [3.05, 3.63) is 35.9 Å². The normalized spacial score (nSPS) is 21.6. The molecule has 0 aromatic heterocycles. The molecule has 2 rings (SSSR count). The van der Waals surface area contributed by atoms with Gasteiger partial charge in [-0.15, -0.1) is 0 Å². The third kappa shape index (κ3) is 4.86. The molecule has 1 heterocycles. The van der Waals surface area contributed by atoms with E-state index >= 15 is 0 Å². The van der Waals surface area contributed by atoms with Crippen LogP contribution in [0.2, 0.25) is 0 Å². The van der Waals surface area contributed by atoms with Gasteiger partial charge >= 0.3 is 5.97 Å². The fourth-order valence-corrected chi connectivity index (χ4v) is 3.47. The van der Waals surface area contributed by atoms with Gasteiger partial charge < -0.3 is 4.74 Å². The van der Waals surface area contributed by atoms with Crippen LogP contribution in [0.15, 0.2) is 30.3 Å². The zero-order chi connectivity index (χ0) is 15.7. The molecular weight excluding hydrogens is 272 g/mol. The summed E-state index contributed by atoms with van der Waals surface area (Å²) in [5.41, 5.74) is 0.814. The molecule has 0 unspecified atom stereocenters. The Balaban J connectivity index is 1.88. The second kappa shape index (κ2) is 8.97. The highest BCUT2D eigenvalue weighted by Crippen LogP contribution is 2.40. The minimum absolute atomic E-state index is 0.0296. The van der Waals surface area contributed by atoms with Crippen molar-refractivity contribution in [2.75, 3.05) is 0 Å². The van der Waals surface area contributed by atoms with Crippen LogP contribution in [0.5, 0.6) is 0 Å². The molecule has 0 spiro atoms. The number of esters is 1. The second-order valence-electron chi connectivity index (χ2n) is 6.56. The summed E-state index contributed by atoms with van der Waals surface area (Å²) in [4.78, 5) is 11.8. The first-order chi connectivity index (χ1) is 10.8. The van der Waals surface area contributed by atoms with E-state index in [4.69, 9.17) is 4.74 Å². The number of cyclic esters (lactones) is 1. The van der Waals surface area contributed by atoms with E-state index in [9.17, 15) is 4.79 Å². The monoisotopic (exact) mass is 302 g/mol. The summed E-state index contributed by atoms with van der Waals surface area (Å²) in [5, 5.41) is 0. The number of benzene rings is 1. The number of rotatable bonds is 9. The molecule has 1 aliphatic rings. The summed E-state index contributed by atoms with van der Waals surface area (Å²) in [6.45, 7) is 2.25. The minimum Gasteiger partial charge on any atom is -0.454 e. The zero-order valence-electron chi connectivity index (χ0n) is 14.0.